The highest BCUT2D eigenvalue weighted by Crippen LogP contribution is 2.27. The van der Waals surface area contributed by atoms with Crippen LogP contribution in [0.1, 0.15) is 31.2 Å². The summed E-state index contributed by atoms with van der Waals surface area (Å²) in [5.41, 5.74) is 0.867. The van der Waals surface area contributed by atoms with E-state index in [0.29, 0.717) is 38.7 Å². The van der Waals surface area contributed by atoms with Crippen molar-refractivity contribution in [2.45, 2.75) is 36.8 Å². The number of fused-ring (bicyclic) bond motifs is 1. The monoisotopic (exact) mass is 365 g/mol. The first-order valence-corrected chi connectivity index (χ1v) is 9.11. The highest BCUT2D eigenvalue weighted by atomic mass is 32.2. The van der Waals surface area contributed by atoms with E-state index in [2.05, 4.69) is 20.5 Å². The lowest BCUT2D eigenvalue weighted by Gasteiger charge is -1.98. The minimum absolute atomic E-state index is 0.0688. The molecule has 0 aliphatic heterocycles. The van der Waals surface area contributed by atoms with Crippen molar-refractivity contribution < 1.29 is 9.32 Å². The molecule has 0 radical (unpaired) electrons. The molecule has 0 saturated heterocycles. The standard InChI is InChI=1S/C14H15N5O3S2/c1-3-4-11(20)16-13-17-18-14(24-13)23-7-9-6-12(21)19-10(15-9)5-8(2)22-19/h5-6H,3-4,7H2,1-2H3,(H,16,17,20). The summed E-state index contributed by atoms with van der Waals surface area (Å²) >= 11 is 2.71. The number of carbonyl (C=O) groups excluding carboxylic acids is 1. The molecule has 0 aliphatic carbocycles. The number of aromatic nitrogens is 4. The smallest absolute Gasteiger partial charge is 0.287 e. The van der Waals surface area contributed by atoms with Gasteiger partial charge in [0.15, 0.2) is 9.99 Å². The number of nitrogens with one attached hydrogen (secondary N) is 1. The largest absolute Gasteiger partial charge is 0.375 e. The van der Waals surface area contributed by atoms with E-state index in [-0.39, 0.29) is 11.5 Å². The Hall–Kier alpha value is -2.20. The molecule has 24 heavy (non-hydrogen) atoms. The van der Waals surface area contributed by atoms with Crippen LogP contribution >= 0.6 is 23.1 Å². The molecule has 0 aliphatic rings. The van der Waals surface area contributed by atoms with E-state index in [0.717, 1.165) is 11.0 Å². The van der Waals surface area contributed by atoms with Crippen LogP contribution in [0.3, 0.4) is 0 Å². The van der Waals surface area contributed by atoms with Gasteiger partial charge in [-0.05, 0) is 13.3 Å². The molecule has 3 aromatic rings. The predicted octanol–water partition coefficient (Wildman–Crippen LogP) is 2.48. The van der Waals surface area contributed by atoms with Gasteiger partial charge in [0.1, 0.15) is 5.76 Å². The molecular weight excluding hydrogens is 350 g/mol. The number of carbonyl (C=O) groups is 1. The Morgan fingerprint density at radius 2 is 2.25 bits per heavy atom. The third-order valence-corrected chi connectivity index (χ3v) is 5.00. The molecule has 0 aromatic carbocycles. The predicted molar refractivity (Wildman–Crippen MR) is 91.5 cm³/mol. The van der Waals surface area contributed by atoms with Crippen molar-refractivity contribution in [2.24, 2.45) is 0 Å². The van der Waals surface area contributed by atoms with Crippen LogP contribution in [0.15, 0.2) is 25.8 Å². The van der Waals surface area contributed by atoms with Crippen LogP contribution in [0.25, 0.3) is 5.65 Å². The Kier molecular flexibility index (Phi) is 4.95. The van der Waals surface area contributed by atoms with Gasteiger partial charge in [0, 0.05) is 24.3 Å². The number of nitrogens with zero attached hydrogens (tertiary/aromatic N) is 4. The summed E-state index contributed by atoms with van der Waals surface area (Å²) in [7, 11) is 0. The van der Waals surface area contributed by atoms with Gasteiger partial charge in [0.05, 0.1) is 5.69 Å². The Labute approximate surface area is 145 Å². The molecule has 0 saturated carbocycles. The van der Waals surface area contributed by atoms with Crippen molar-refractivity contribution >= 4 is 39.8 Å². The van der Waals surface area contributed by atoms with Crippen LogP contribution in [0, 0.1) is 6.92 Å². The topological polar surface area (TPSA) is 102 Å². The normalized spacial score (nSPS) is 11.1. The van der Waals surface area contributed by atoms with Crippen molar-refractivity contribution in [2.75, 3.05) is 5.32 Å². The maximum absolute atomic E-state index is 12.0. The van der Waals surface area contributed by atoms with Gasteiger partial charge >= 0.3 is 0 Å². The molecule has 0 bridgehead atoms. The summed E-state index contributed by atoms with van der Waals surface area (Å²) < 4.78 is 7.11. The molecular formula is C14H15N5O3S2. The van der Waals surface area contributed by atoms with E-state index in [1.54, 1.807) is 13.0 Å². The first kappa shape index (κ1) is 16.7. The summed E-state index contributed by atoms with van der Waals surface area (Å²) in [6.07, 6.45) is 1.24. The number of anilines is 1. The third-order valence-electron chi connectivity index (χ3n) is 3.00. The molecule has 10 heteroatoms. The maximum atomic E-state index is 12.0. The number of hydrogen-bond donors (Lipinski definition) is 1. The molecule has 0 unspecified atom stereocenters. The quantitative estimate of drug-likeness (QED) is 0.529. The molecule has 3 heterocycles. The minimum atomic E-state index is -0.256. The van der Waals surface area contributed by atoms with Gasteiger partial charge in [-0.1, -0.05) is 30.0 Å². The van der Waals surface area contributed by atoms with E-state index in [1.165, 1.54) is 29.2 Å². The first-order chi connectivity index (χ1) is 11.5. The van der Waals surface area contributed by atoms with Gasteiger partial charge in [-0.15, -0.1) is 14.8 Å². The van der Waals surface area contributed by atoms with Crippen molar-refractivity contribution in [3.63, 3.8) is 0 Å². The minimum Gasteiger partial charge on any atom is -0.375 e. The van der Waals surface area contributed by atoms with Crippen molar-refractivity contribution in [1.29, 1.82) is 0 Å². The second-order valence-corrected chi connectivity index (χ2v) is 7.24. The fourth-order valence-electron chi connectivity index (χ4n) is 2.01. The van der Waals surface area contributed by atoms with Crippen LogP contribution in [-0.2, 0) is 10.5 Å². The van der Waals surface area contributed by atoms with Crippen molar-refractivity contribution in [3.8, 4) is 0 Å². The molecule has 1 N–H and O–H groups in total. The van der Waals surface area contributed by atoms with Crippen LogP contribution in [0.5, 0.6) is 0 Å². The van der Waals surface area contributed by atoms with Crippen LogP contribution < -0.4 is 10.9 Å². The molecule has 0 atom stereocenters. The lowest BCUT2D eigenvalue weighted by molar-refractivity contribution is -0.116. The lowest BCUT2D eigenvalue weighted by Crippen LogP contribution is -2.12. The van der Waals surface area contributed by atoms with E-state index in [4.69, 9.17) is 4.52 Å². The molecule has 1 amide bonds. The van der Waals surface area contributed by atoms with Crippen molar-refractivity contribution in [1.82, 2.24) is 19.8 Å². The van der Waals surface area contributed by atoms with E-state index >= 15 is 0 Å². The Balaban J connectivity index is 1.67. The van der Waals surface area contributed by atoms with Gasteiger partial charge in [-0.2, -0.15) is 0 Å². The SMILES string of the molecule is CCCC(=O)Nc1nnc(SCc2cc(=O)n3oc(C)cc3n2)s1. The van der Waals surface area contributed by atoms with E-state index in [1.807, 2.05) is 6.92 Å². The fourth-order valence-corrected chi connectivity index (χ4v) is 3.67. The Morgan fingerprint density at radius 1 is 1.42 bits per heavy atom. The number of thioether (sulfide) groups is 1. The fraction of sp³-hybridized carbons (Fsp3) is 0.357. The summed E-state index contributed by atoms with van der Waals surface area (Å²) in [4.78, 5) is 27.9. The van der Waals surface area contributed by atoms with Crippen molar-refractivity contribution in [3.05, 3.63) is 33.9 Å². The zero-order chi connectivity index (χ0) is 17.1. The zero-order valence-electron chi connectivity index (χ0n) is 13.1. The molecule has 126 valence electrons. The number of hydrogen-bond acceptors (Lipinski definition) is 8. The average Bonchev–Trinajstić information content (AvgIpc) is 3.11. The molecule has 3 rings (SSSR count). The second-order valence-electron chi connectivity index (χ2n) is 5.04. The summed E-state index contributed by atoms with van der Waals surface area (Å²) in [6, 6.07) is 3.15. The number of rotatable bonds is 6. The summed E-state index contributed by atoms with van der Waals surface area (Å²) in [6.45, 7) is 3.70. The van der Waals surface area contributed by atoms with E-state index < -0.39 is 0 Å². The number of amides is 1. The van der Waals surface area contributed by atoms with Gasteiger partial charge in [-0.25, -0.2) is 4.98 Å². The zero-order valence-corrected chi connectivity index (χ0v) is 14.7. The molecule has 3 aromatic heterocycles. The van der Waals surface area contributed by atoms with E-state index in [9.17, 15) is 9.59 Å². The molecule has 0 spiro atoms. The van der Waals surface area contributed by atoms with Gasteiger partial charge in [0.2, 0.25) is 11.0 Å². The Morgan fingerprint density at radius 3 is 3.04 bits per heavy atom. The second kappa shape index (κ2) is 7.14. The highest BCUT2D eigenvalue weighted by Gasteiger charge is 2.10. The molecule has 0 fully saturated rings. The van der Waals surface area contributed by atoms with Gasteiger partial charge in [-0.3, -0.25) is 9.59 Å². The third kappa shape index (κ3) is 3.82. The van der Waals surface area contributed by atoms with Crippen LogP contribution in [-0.4, -0.2) is 25.7 Å². The maximum Gasteiger partial charge on any atom is 0.287 e. The number of aryl methyl sites for hydroxylation is 1. The van der Waals surface area contributed by atoms with Crippen LogP contribution in [0.4, 0.5) is 5.13 Å². The first-order valence-electron chi connectivity index (χ1n) is 7.31. The van der Waals surface area contributed by atoms with Gasteiger partial charge in [0.25, 0.3) is 5.56 Å². The van der Waals surface area contributed by atoms with Crippen LogP contribution in [0.2, 0.25) is 0 Å². The molecule has 8 nitrogen and oxygen atoms in total. The summed E-state index contributed by atoms with van der Waals surface area (Å²) in [5, 5.41) is 11.1. The van der Waals surface area contributed by atoms with Gasteiger partial charge < -0.3 is 9.84 Å². The lowest BCUT2D eigenvalue weighted by atomic mass is 10.3. The highest BCUT2D eigenvalue weighted by molar-refractivity contribution is 8.00. The Bertz CT molecular complexity index is 930. The average molecular weight is 365 g/mol. The summed E-state index contributed by atoms with van der Waals surface area (Å²) in [5.74, 6) is 1.04.